The SMILES string of the molecule is Clc1ccc([C@@H]2CC(Br)=NO2)cc1. The molecule has 0 amide bonds. The van der Waals surface area contributed by atoms with Gasteiger partial charge in [-0.25, -0.2) is 0 Å². The van der Waals surface area contributed by atoms with Crippen LogP contribution in [-0.2, 0) is 4.84 Å². The van der Waals surface area contributed by atoms with Gasteiger partial charge in [-0.3, -0.25) is 0 Å². The van der Waals surface area contributed by atoms with Crippen LogP contribution < -0.4 is 0 Å². The molecule has 2 rings (SSSR count). The standard InChI is InChI=1S/C9H7BrClNO/c10-9-5-8(13-12-9)6-1-3-7(11)4-2-6/h1-4,8H,5H2/t8-/m0/s1. The normalized spacial score (nSPS) is 21.1. The van der Waals surface area contributed by atoms with E-state index in [0.717, 1.165) is 21.6 Å². The molecule has 68 valence electrons. The van der Waals surface area contributed by atoms with E-state index in [1.165, 1.54) is 0 Å². The first-order valence-corrected chi connectivity index (χ1v) is 5.06. The predicted molar refractivity (Wildman–Crippen MR) is 56.3 cm³/mol. The van der Waals surface area contributed by atoms with Gasteiger partial charge in [0.05, 0.1) is 0 Å². The lowest BCUT2D eigenvalue weighted by Gasteiger charge is -2.07. The lowest BCUT2D eigenvalue weighted by molar-refractivity contribution is 0.0858. The predicted octanol–water partition coefficient (Wildman–Crippen LogP) is 3.51. The minimum absolute atomic E-state index is 0.0339. The summed E-state index contributed by atoms with van der Waals surface area (Å²) in [6.07, 6.45) is 0.827. The summed E-state index contributed by atoms with van der Waals surface area (Å²) in [5.41, 5.74) is 1.10. The summed E-state index contributed by atoms with van der Waals surface area (Å²) in [5, 5.41) is 4.55. The van der Waals surface area contributed by atoms with Gasteiger partial charge in [-0.15, -0.1) is 0 Å². The van der Waals surface area contributed by atoms with Gasteiger partial charge in [0.15, 0.2) is 6.10 Å². The van der Waals surface area contributed by atoms with Gasteiger partial charge < -0.3 is 4.84 Å². The Balaban J connectivity index is 2.14. The highest BCUT2D eigenvalue weighted by Crippen LogP contribution is 2.29. The minimum Gasteiger partial charge on any atom is -0.386 e. The van der Waals surface area contributed by atoms with Crippen LogP contribution in [0, 0.1) is 0 Å². The molecule has 0 spiro atoms. The molecule has 13 heavy (non-hydrogen) atoms. The van der Waals surface area contributed by atoms with E-state index in [2.05, 4.69) is 21.1 Å². The minimum atomic E-state index is 0.0339. The lowest BCUT2D eigenvalue weighted by atomic mass is 10.1. The Bertz CT molecular complexity index is 336. The van der Waals surface area contributed by atoms with Gasteiger partial charge in [-0.1, -0.05) is 28.9 Å². The van der Waals surface area contributed by atoms with Crippen molar-refractivity contribution in [3.05, 3.63) is 34.9 Å². The van der Waals surface area contributed by atoms with Crippen molar-refractivity contribution in [3.8, 4) is 0 Å². The zero-order valence-electron chi connectivity index (χ0n) is 6.71. The largest absolute Gasteiger partial charge is 0.386 e. The monoisotopic (exact) mass is 259 g/mol. The van der Waals surface area contributed by atoms with Gasteiger partial charge in [0, 0.05) is 11.4 Å². The quantitative estimate of drug-likeness (QED) is 0.757. The first-order valence-electron chi connectivity index (χ1n) is 3.89. The number of nitrogens with zero attached hydrogens (tertiary/aromatic N) is 1. The van der Waals surface area contributed by atoms with E-state index >= 15 is 0 Å². The summed E-state index contributed by atoms with van der Waals surface area (Å²) in [7, 11) is 0. The maximum absolute atomic E-state index is 5.77. The fraction of sp³-hybridized carbons (Fsp3) is 0.222. The van der Waals surface area contributed by atoms with Crippen molar-refractivity contribution >= 4 is 32.2 Å². The molecular formula is C9H7BrClNO. The highest BCUT2D eigenvalue weighted by molar-refractivity contribution is 9.18. The molecular weight excluding hydrogens is 253 g/mol. The number of halogens is 2. The smallest absolute Gasteiger partial charge is 0.158 e. The second kappa shape index (κ2) is 3.68. The average molecular weight is 261 g/mol. The van der Waals surface area contributed by atoms with Crippen molar-refractivity contribution in [2.24, 2.45) is 5.16 Å². The Labute approximate surface area is 89.7 Å². The van der Waals surface area contributed by atoms with Crippen LogP contribution in [0.4, 0.5) is 0 Å². The van der Waals surface area contributed by atoms with E-state index in [9.17, 15) is 0 Å². The van der Waals surface area contributed by atoms with Crippen molar-refractivity contribution in [2.75, 3.05) is 0 Å². The number of hydrogen-bond donors (Lipinski definition) is 0. The molecule has 0 unspecified atom stereocenters. The molecule has 4 heteroatoms. The van der Waals surface area contributed by atoms with Crippen molar-refractivity contribution < 1.29 is 4.84 Å². The highest BCUT2D eigenvalue weighted by Gasteiger charge is 2.20. The zero-order valence-corrected chi connectivity index (χ0v) is 9.05. The molecule has 1 aliphatic rings. The molecule has 0 bridgehead atoms. The molecule has 1 aromatic rings. The van der Waals surface area contributed by atoms with Crippen LogP contribution in [0.15, 0.2) is 29.4 Å². The Kier molecular flexibility index (Phi) is 2.56. The van der Waals surface area contributed by atoms with E-state index in [0.29, 0.717) is 0 Å². The van der Waals surface area contributed by atoms with Crippen LogP contribution in [0.25, 0.3) is 0 Å². The van der Waals surface area contributed by atoms with Crippen molar-refractivity contribution in [1.29, 1.82) is 0 Å². The molecule has 0 aromatic heterocycles. The van der Waals surface area contributed by atoms with Crippen LogP contribution in [0.2, 0.25) is 5.02 Å². The molecule has 1 aliphatic heterocycles. The summed E-state index contributed by atoms with van der Waals surface area (Å²) >= 11 is 9.06. The number of oxime groups is 1. The van der Waals surface area contributed by atoms with Crippen molar-refractivity contribution in [1.82, 2.24) is 0 Å². The summed E-state index contributed by atoms with van der Waals surface area (Å²) in [5.74, 6) is 0. The van der Waals surface area contributed by atoms with E-state index in [1.54, 1.807) is 0 Å². The number of hydrogen-bond acceptors (Lipinski definition) is 2. The van der Waals surface area contributed by atoms with Gasteiger partial charge in [0.2, 0.25) is 0 Å². The van der Waals surface area contributed by atoms with Crippen LogP contribution in [0.1, 0.15) is 18.1 Å². The van der Waals surface area contributed by atoms with Crippen LogP contribution >= 0.6 is 27.5 Å². The zero-order chi connectivity index (χ0) is 9.26. The molecule has 0 fully saturated rings. The van der Waals surface area contributed by atoms with Gasteiger partial charge in [-0.2, -0.15) is 0 Å². The third kappa shape index (κ3) is 2.03. The molecule has 1 atom stereocenters. The van der Waals surface area contributed by atoms with Crippen LogP contribution in [-0.4, -0.2) is 4.62 Å². The maximum atomic E-state index is 5.77. The van der Waals surface area contributed by atoms with E-state index in [4.69, 9.17) is 16.4 Å². The molecule has 0 N–H and O–H groups in total. The lowest BCUT2D eigenvalue weighted by Crippen LogP contribution is -1.95. The first kappa shape index (κ1) is 9.03. The van der Waals surface area contributed by atoms with Gasteiger partial charge in [-0.05, 0) is 33.6 Å². The first-order chi connectivity index (χ1) is 6.25. The molecule has 1 aromatic carbocycles. The molecule has 2 nitrogen and oxygen atoms in total. The van der Waals surface area contributed by atoms with Gasteiger partial charge >= 0.3 is 0 Å². The molecule has 0 saturated heterocycles. The molecule has 0 aliphatic carbocycles. The number of benzene rings is 1. The van der Waals surface area contributed by atoms with Gasteiger partial charge in [0.25, 0.3) is 0 Å². The maximum Gasteiger partial charge on any atom is 0.158 e. The average Bonchev–Trinajstić information content (AvgIpc) is 2.53. The molecule has 0 radical (unpaired) electrons. The van der Waals surface area contributed by atoms with E-state index < -0.39 is 0 Å². The van der Waals surface area contributed by atoms with Gasteiger partial charge in [0.1, 0.15) is 4.62 Å². The molecule has 0 saturated carbocycles. The highest BCUT2D eigenvalue weighted by atomic mass is 79.9. The number of rotatable bonds is 1. The van der Waals surface area contributed by atoms with Crippen LogP contribution in [0.5, 0.6) is 0 Å². The fourth-order valence-electron chi connectivity index (χ4n) is 1.20. The third-order valence-corrected chi connectivity index (χ3v) is 2.60. The van der Waals surface area contributed by atoms with Crippen molar-refractivity contribution in [3.63, 3.8) is 0 Å². The fourth-order valence-corrected chi connectivity index (χ4v) is 1.71. The summed E-state index contributed by atoms with van der Waals surface area (Å²) < 4.78 is 0.854. The Hall–Kier alpha value is -0.540. The molecule has 1 heterocycles. The second-order valence-corrected chi connectivity index (χ2v) is 4.17. The summed E-state index contributed by atoms with van der Waals surface area (Å²) in [4.78, 5) is 5.19. The Morgan fingerprint density at radius 3 is 2.62 bits per heavy atom. The topological polar surface area (TPSA) is 21.6 Å². The Morgan fingerprint density at radius 2 is 2.08 bits per heavy atom. The summed E-state index contributed by atoms with van der Waals surface area (Å²) in [6.45, 7) is 0. The second-order valence-electron chi connectivity index (χ2n) is 2.82. The Morgan fingerprint density at radius 1 is 1.38 bits per heavy atom. The van der Waals surface area contributed by atoms with Crippen molar-refractivity contribution in [2.45, 2.75) is 12.5 Å². The van der Waals surface area contributed by atoms with E-state index in [-0.39, 0.29) is 6.10 Å². The summed E-state index contributed by atoms with van der Waals surface area (Å²) in [6, 6.07) is 7.61. The van der Waals surface area contributed by atoms with Crippen LogP contribution in [0.3, 0.4) is 0 Å². The third-order valence-electron chi connectivity index (χ3n) is 1.87. The van der Waals surface area contributed by atoms with E-state index in [1.807, 2.05) is 24.3 Å².